The maximum absolute atomic E-state index is 13.3. The molecule has 0 saturated heterocycles. The second-order valence-corrected chi connectivity index (χ2v) is 10.1. The zero-order valence-corrected chi connectivity index (χ0v) is 21.1. The number of hydrogen-bond acceptors (Lipinski definition) is 3. The Balaban J connectivity index is 2.04. The largest absolute Gasteiger partial charge is 0.354 e. The number of rotatable bonds is 12. The van der Waals surface area contributed by atoms with Gasteiger partial charge in [0.05, 0.1) is 0 Å². The monoisotopic (exact) mass is 474 g/mol. The van der Waals surface area contributed by atoms with Crippen LogP contribution in [-0.4, -0.2) is 35.1 Å². The predicted octanol–water partition coefficient (Wildman–Crippen LogP) is 6.10. The van der Waals surface area contributed by atoms with Crippen LogP contribution < -0.4 is 5.32 Å². The zero-order valence-electron chi connectivity index (χ0n) is 19.6. The quantitative estimate of drug-likeness (QED) is 0.298. The molecule has 1 N–H and O–H groups in total. The first-order valence-electron chi connectivity index (χ1n) is 11.3. The van der Waals surface area contributed by atoms with Crippen LogP contribution in [0.25, 0.3) is 0 Å². The summed E-state index contributed by atoms with van der Waals surface area (Å²) in [5.41, 5.74) is 2.19. The summed E-state index contributed by atoms with van der Waals surface area (Å²) in [6.45, 7) is 9.19. The van der Waals surface area contributed by atoms with E-state index in [-0.39, 0.29) is 11.8 Å². The van der Waals surface area contributed by atoms with Gasteiger partial charge in [0, 0.05) is 29.4 Å². The van der Waals surface area contributed by atoms with Gasteiger partial charge < -0.3 is 10.2 Å². The van der Waals surface area contributed by atoms with Crippen LogP contribution in [0, 0.1) is 12.8 Å². The van der Waals surface area contributed by atoms with E-state index in [1.54, 1.807) is 16.7 Å². The Bertz CT molecular complexity index is 870. The molecule has 0 saturated carbocycles. The second kappa shape index (κ2) is 13.5. The molecular formula is C26H35ClN2O2S. The summed E-state index contributed by atoms with van der Waals surface area (Å²) in [6, 6.07) is 15.4. The number of carbonyl (C=O) groups is 2. The summed E-state index contributed by atoms with van der Waals surface area (Å²) in [5.74, 6) is 1.15. The average Bonchev–Trinajstić information content (AvgIpc) is 2.76. The van der Waals surface area contributed by atoms with E-state index in [1.165, 1.54) is 0 Å². The third-order valence-corrected chi connectivity index (χ3v) is 6.47. The molecule has 4 nitrogen and oxygen atoms in total. The highest BCUT2D eigenvalue weighted by atomic mass is 35.5. The lowest BCUT2D eigenvalue weighted by Crippen LogP contribution is -2.49. The van der Waals surface area contributed by atoms with Crippen molar-refractivity contribution >= 4 is 35.2 Å². The van der Waals surface area contributed by atoms with Crippen LogP contribution in [0.15, 0.2) is 53.4 Å². The number of benzene rings is 2. The summed E-state index contributed by atoms with van der Waals surface area (Å²) in [6.07, 6.45) is 1.75. The highest BCUT2D eigenvalue weighted by molar-refractivity contribution is 7.99. The van der Waals surface area contributed by atoms with Gasteiger partial charge in [-0.2, -0.15) is 0 Å². The van der Waals surface area contributed by atoms with Crippen molar-refractivity contribution in [2.75, 3.05) is 12.3 Å². The first kappa shape index (κ1) is 26.3. The molecule has 2 amide bonds. The molecule has 0 unspecified atom stereocenters. The minimum atomic E-state index is -0.467. The van der Waals surface area contributed by atoms with Gasteiger partial charge in [-0.05, 0) is 61.3 Å². The Labute approximate surface area is 202 Å². The van der Waals surface area contributed by atoms with E-state index < -0.39 is 6.04 Å². The molecule has 0 aromatic heterocycles. The Hall–Kier alpha value is -1.98. The summed E-state index contributed by atoms with van der Waals surface area (Å²) in [4.78, 5) is 29.1. The lowest BCUT2D eigenvalue weighted by atomic mass is 10.1. The minimum Gasteiger partial charge on any atom is -0.354 e. The van der Waals surface area contributed by atoms with Crippen molar-refractivity contribution in [1.82, 2.24) is 10.2 Å². The fraction of sp³-hybridized carbons (Fsp3) is 0.462. The molecule has 32 heavy (non-hydrogen) atoms. The predicted molar refractivity (Wildman–Crippen MR) is 135 cm³/mol. The molecule has 0 heterocycles. The molecule has 174 valence electrons. The maximum atomic E-state index is 13.3. The van der Waals surface area contributed by atoms with Crippen molar-refractivity contribution in [3.05, 3.63) is 64.7 Å². The van der Waals surface area contributed by atoms with Crippen LogP contribution in [0.4, 0.5) is 0 Å². The Morgan fingerprint density at radius 3 is 2.47 bits per heavy atom. The first-order valence-corrected chi connectivity index (χ1v) is 12.7. The number of nitrogens with zero attached hydrogens (tertiary/aromatic N) is 1. The molecule has 6 heteroatoms. The lowest BCUT2D eigenvalue weighted by molar-refractivity contribution is -0.141. The second-order valence-electron chi connectivity index (χ2n) is 8.48. The highest BCUT2D eigenvalue weighted by Crippen LogP contribution is 2.22. The van der Waals surface area contributed by atoms with E-state index in [4.69, 9.17) is 11.6 Å². The van der Waals surface area contributed by atoms with Gasteiger partial charge in [-0.25, -0.2) is 0 Å². The number of amides is 2. The Morgan fingerprint density at radius 2 is 1.84 bits per heavy atom. The van der Waals surface area contributed by atoms with E-state index in [1.807, 2.05) is 56.3 Å². The zero-order chi connectivity index (χ0) is 23.5. The van der Waals surface area contributed by atoms with Gasteiger partial charge in [0.25, 0.3) is 0 Å². The third kappa shape index (κ3) is 8.87. The molecule has 2 aromatic rings. The molecule has 0 radical (unpaired) electrons. The lowest BCUT2D eigenvalue weighted by Gasteiger charge is -2.31. The Morgan fingerprint density at radius 1 is 1.12 bits per heavy atom. The van der Waals surface area contributed by atoms with E-state index in [0.29, 0.717) is 31.8 Å². The van der Waals surface area contributed by atoms with Gasteiger partial charge in [0.1, 0.15) is 6.04 Å². The van der Waals surface area contributed by atoms with Crippen molar-refractivity contribution in [1.29, 1.82) is 0 Å². The highest BCUT2D eigenvalue weighted by Gasteiger charge is 2.28. The van der Waals surface area contributed by atoms with E-state index >= 15 is 0 Å². The SMILES string of the molecule is CC[C@@H](C(=O)NCC(C)C)N(Cc1cccc(C)c1)C(=O)CCCSc1ccc(Cl)cc1. The first-order chi connectivity index (χ1) is 15.3. The normalized spacial score (nSPS) is 11.9. The van der Waals surface area contributed by atoms with Crippen LogP contribution >= 0.6 is 23.4 Å². The number of carbonyl (C=O) groups excluding carboxylic acids is 2. The fourth-order valence-electron chi connectivity index (χ4n) is 3.44. The van der Waals surface area contributed by atoms with Gasteiger partial charge in [0.15, 0.2) is 0 Å². The van der Waals surface area contributed by atoms with E-state index in [9.17, 15) is 9.59 Å². The third-order valence-electron chi connectivity index (χ3n) is 5.12. The summed E-state index contributed by atoms with van der Waals surface area (Å²) < 4.78 is 0. The maximum Gasteiger partial charge on any atom is 0.242 e. The number of hydrogen-bond donors (Lipinski definition) is 1. The number of nitrogens with one attached hydrogen (secondary N) is 1. The molecule has 0 fully saturated rings. The van der Waals surface area contributed by atoms with Gasteiger partial charge in [-0.1, -0.05) is 62.2 Å². The van der Waals surface area contributed by atoms with Crippen LogP contribution in [0.3, 0.4) is 0 Å². The van der Waals surface area contributed by atoms with Crippen LogP contribution in [-0.2, 0) is 16.1 Å². The molecule has 0 aliphatic rings. The molecule has 0 bridgehead atoms. The average molecular weight is 475 g/mol. The number of halogens is 1. The summed E-state index contributed by atoms with van der Waals surface area (Å²) in [7, 11) is 0. The van der Waals surface area contributed by atoms with Crippen molar-refractivity contribution in [3.63, 3.8) is 0 Å². The minimum absolute atomic E-state index is 0.0229. The van der Waals surface area contributed by atoms with Crippen molar-refractivity contribution in [2.24, 2.45) is 5.92 Å². The molecule has 0 aliphatic carbocycles. The van der Waals surface area contributed by atoms with Crippen LogP contribution in [0.1, 0.15) is 51.2 Å². The number of thioether (sulfide) groups is 1. The molecule has 2 aromatic carbocycles. The fourth-order valence-corrected chi connectivity index (χ4v) is 4.42. The standard InChI is InChI=1S/C26H35ClN2O2S/c1-5-24(26(31)28-17-19(2)3)29(18-21-9-6-8-20(4)16-21)25(30)10-7-15-32-23-13-11-22(27)12-14-23/h6,8-9,11-14,16,19,24H,5,7,10,15,17-18H2,1-4H3,(H,28,31)/t24-/m0/s1. The van der Waals surface area contributed by atoms with Gasteiger partial charge in [0.2, 0.25) is 11.8 Å². The smallest absolute Gasteiger partial charge is 0.242 e. The Kier molecular flexibility index (Phi) is 11.1. The van der Waals surface area contributed by atoms with Gasteiger partial charge in [-0.3, -0.25) is 9.59 Å². The van der Waals surface area contributed by atoms with Crippen LogP contribution in [0.2, 0.25) is 5.02 Å². The molecule has 2 rings (SSSR count). The van der Waals surface area contributed by atoms with Gasteiger partial charge >= 0.3 is 0 Å². The van der Waals surface area contributed by atoms with E-state index in [0.717, 1.165) is 33.2 Å². The molecular weight excluding hydrogens is 440 g/mol. The molecule has 0 spiro atoms. The summed E-state index contributed by atoms with van der Waals surface area (Å²) >= 11 is 7.65. The number of aryl methyl sites for hydroxylation is 1. The van der Waals surface area contributed by atoms with Gasteiger partial charge in [-0.15, -0.1) is 11.8 Å². The van der Waals surface area contributed by atoms with Crippen LogP contribution in [0.5, 0.6) is 0 Å². The topological polar surface area (TPSA) is 49.4 Å². The molecule has 0 aliphatic heterocycles. The summed E-state index contributed by atoms with van der Waals surface area (Å²) in [5, 5.41) is 3.73. The van der Waals surface area contributed by atoms with Crippen molar-refractivity contribution < 1.29 is 9.59 Å². The molecule has 1 atom stereocenters. The van der Waals surface area contributed by atoms with Crippen molar-refractivity contribution in [3.8, 4) is 0 Å². The van der Waals surface area contributed by atoms with E-state index in [2.05, 4.69) is 25.2 Å². The van der Waals surface area contributed by atoms with Crippen molar-refractivity contribution in [2.45, 2.75) is 64.4 Å².